The summed E-state index contributed by atoms with van der Waals surface area (Å²) in [5, 5.41) is 11.5. The molecule has 122 valence electrons. The van der Waals surface area contributed by atoms with E-state index in [-0.39, 0.29) is 5.91 Å². The van der Waals surface area contributed by atoms with Crippen LogP contribution in [-0.2, 0) is 17.8 Å². The van der Waals surface area contributed by atoms with E-state index >= 15 is 0 Å². The molecule has 1 amide bonds. The smallest absolute Gasteiger partial charge is 0.247 e. The molecule has 0 saturated heterocycles. The fourth-order valence-electron chi connectivity index (χ4n) is 2.16. The second-order valence-electron chi connectivity index (χ2n) is 5.27. The first-order chi connectivity index (χ1) is 11.7. The van der Waals surface area contributed by atoms with Gasteiger partial charge in [0.05, 0.1) is 0 Å². The third-order valence-corrected chi connectivity index (χ3v) is 3.71. The molecule has 0 saturated carbocycles. The summed E-state index contributed by atoms with van der Waals surface area (Å²) in [4.78, 5) is 11.9. The average molecular weight is 342 g/mol. The zero-order valence-corrected chi connectivity index (χ0v) is 13.7. The highest BCUT2D eigenvalue weighted by molar-refractivity contribution is 6.30. The van der Waals surface area contributed by atoms with E-state index in [1.165, 1.54) is 0 Å². The number of nitrogens with zero attached hydrogens (tertiary/aromatic N) is 2. The minimum absolute atomic E-state index is 0.0654. The molecule has 1 N–H and O–H groups in total. The van der Waals surface area contributed by atoms with Crippen LogP contribution in [0.2, 0.25) is 5.02 Å². The van der Waals surface area contributed by atoms with E-state index in [1.807, 2.05) is 42.5 Å². The van der Waals surface area contributed by atoms with E-state index in [0.29, 0.717) is 36.2 Å². The quantitative estimate of drug-likeness (QED) is 0.743. The van der Waals surface area contributed by atoms with Crippen LogP contribution in [0.5, 0.6) is 0 Å². The molecule has 6 heteroatoms. The predicted octanol–water partition coefficient (Wildman–Crippen LogP) is 3.64. The third kappa shape index (κ3) is 4.43. The summed E-state index contributed by atoms with van der Waals surface area (Å²) in [6, 6.07) is 16.9. The maximum atomic E-state index is 11.9. The van der Waals surface area contributed by atoms with E-state index in [1.54, 1.807) is 12.1 Å². The largest absolute Gasteiger partial charge is 0.421 e. The Morgan fingerprint density at radius 3 is 2.54 bits per heavy atom. The van der Waals surface area contributed by atoms with Crippen molar-refractivity contribution >= 4 is 17.5 Å². The number of halogens is 1. The minimum atomic E-state index is -0.0654. The Morgan fingerprint density at radius 1 is 1.04 bits per heavy atom. The Bertz CT molecular complexity index is 801. The number of aromatic nitrogens is 2. The summed E-state index contributed by atoms with van der Waals surface area (Å²) in [6.07, 6.45) is 0.705. The lowest BCUT2D eigenvalue weighted by Gasteiger charge is -2.04. The molecule has 0 aliphatic heterocycles. The molecule has 0 aliphatic carbocycles. The predicted molar refractivity (Wildman–Crippen MR) is 91.4 cm³/mol. The Balaban J connectivity index is 1.48. The SMILES string of the molecule is O=C(CCc1nnc(-c2ccccc2)o1)NCc1ccc(Cl)cc1. The monoisotopic (exact) mass is 341 g/mol. The number of carbonyl (C=O) groups excluding carboxylic acids is 1. The maximum absolute atomic E-state index is 11.9. The summed E-state index contributed by atoms with van der Waals surface area (Å²) in [5.74, 6) is 0.854. The Kier molecular flexibility index (Phi) is 5.23. The van der Waals surface area contributed by atoms with Gasteiger partial charge >= 0.3 is 0 Å². The van der Waals surface area contributed by atoms with Crippen LogP contribution < -0.4 is 5.32 Å². The first-order valence-corrected chi connectivity index (χ1v) is 7.97. The molecule has 0 atom stereocenters. The summed E-state index contributed by atoms with van der Waals surface area (Å²) < 4.78 is 5.58. The van der Waals surface area contributed by atoms with Crippen LogP contribution in [0, 0.1) is 0 Å². The summed E-state index contributed by atoms with van der Waals surface area (Å²) in [5.41, 5.74) is 1.86. The average Bonchev–Trinajstić information content (AvgIpc) is 3.09. The van der Waals surface area contributed by atoms with E-state index in [4.69, 9.17) is 16.0 Å². The molecular formula is C18H16ClN3O2. The van der Waals surface area contributed by atoms with Gasteiger partial charge in [-0.2, -0.15) is 0 Å². The lowest BCUT2D eigenvalue weighted by atomic mass is 10.2. The van der Waals surface area contributed by atoms with Gasteiger partial charge in [-0.05, 0) is 29.8 Å². The van der Waals surface area contributed by atoms with E-state index in [0.717, 1.165) is 11.1 Å². The molecule has 5 nitrogen and oxygen atoms in total. The molecule has 3 rings (SSSR count). The van der Waals surface area contributed by atoms with Gasteiger partial charge in [-0.15, -0.1) is 10.2 Å². The molecule has 1 heterocycles. The number of nitrogens with one attached hydrogen (secondary N) is 1. The zero-order chi connectivity index (χ0) is 16.8. The number of hydrogen-bond acceptors (Lipinski definition) is 4. The standard InChI is InChI=1S/C18H16ClN3O2/c19-15-8-6-13(7-9-15)12-20-16(23)10-11-17-21-22-18(24-17)14-4-2-1-3-5-14/h1-9H,10-12H2,(H,20,23). The summed E-state index contributed by atoms with van der Waals surface area (Å²) in [7, 11) is 0. The molecule has 24 heavy (non-hydrogen) atoms. The lowest BCUT2D eigenvalue weighted by Crippen LogP contribution is -2.23. The number of hydrogen-bond donors (Lipinski definition) is 1. The molecule has 0 unspecified atom stereocenters. The fourth-order valence-corrected chi connectivity index (χ4v) is 2.29. The van der Waals surface area contributed by atoms with Crippen LogP contribution in [-0.4, -0.2) is 16.1 Å². The van der Waals surface area contributed by atoms with Gasteiger partial charge in [-0.25, -0.2) is 0 Å². The van der Waals surface area contributed by atoms with Crippen LogP contribution in [0.4, 0.5) is 0 Å². The normalized spacial score (nSPS) is 10.5. The van der Waals surface area contributed by atoms with Gasteiger partial charge in [0.25, 0.3) is 0 Å². The molecule has 0 radical (unpaired) electrons. The maximum Gasteiger partial charge on any atom is 0.247 e. The lowest BCUT2D eigenvalue weighted by molar-refractivity contribution is -0.121. The third-order valence-electron chi connectivity index (χ3n) is 3.46. The van der Waals surface area contributed by atoms with Crippen molar-refractivity contribution in [3.8, 4) is 11.5 Å². The number of benzene rings is 2. The first kappa shape index (κ1) is 16.2. The first-order valence-electron chi connectivity index (χ1n) is 7.59. The van der Waals surface area contributed by atoms with Crippen molar-refractivity contribution in [2.75, 3.05) is 0 Å². The molecular weight excluding hydrogens is 326 g/mol. The van der Waals surface area contributed by atoms with E-state index < -0.39 is 0 Å². The van der Waals surface area contributed by atoms with E-state index in [2.05, 4.69) is 15.5 Å². The summed E-state index contributed by atoms with van der Waals surface area (Å²) >= 11 is 5.83. The van der Waals surface area contributed by atoms with Crippen LogP contribution >= 0.6 is 11.6 Å². The zero-order valence-electron chi connectivity index (χ0n) is 12.9. The van der Waals surface area contributed by atoms with Gasteiger partial charge < -0.3 is 9.73 Å². The number of aryl methyl sites for hydroxylation is 1. The van der Waals surface area contributed by atoms with Gasteiger partial charge in [0.15, 0.2) is 0 Å². The van der Waals surface area contributed by atoms with Gasteiger partial charge in [0, 0.05) is 30.0 Å². The number of carbonyl (C=O) groups is 1. The van der Waals surface area contributed by atoms with Crippen molar-refractivity contribution < 1.29 is 9.21 Å². The van der Waals surface area contributed by atoms with Crippen LogP contribution in [0.1, 0.15) is 17.9 Å². The Hall–Kier alpha value is -2.66. The van der Waals surface area contributed by atoms with Crippen molar-refractivity contribution in [1.82, 2.24) is 15.5 Å². The fraction of sp³-hybridized carbons (Fsp3) is 0.167. The molecule has 0 bridgehead atoms. The topological polar surface area (TPSA) is 68.0 Å². The highest BCUT2D eigenvalue weighted by Crippen LogP contribution is 2.17. The summed E-state index contributed by atoms with van der Waals surface area (Å²) in [6.45, 7) is 0.467. The van der Waals surface area contributed by atoms with Crippen molar-refractivity contribution in [2.24, 2.45) is 0 Å². The highest BCUT2D eigenvalue weighted by atomic mass is 35.5. The molecule has 1 aromatic heterocycles. The number of amides is 1. The van der Waals surface area contributed by atoms with Gasteiger partial charge in [-0.1, -0.05) is 41.9 Å². The van der Waals surface area contributed by atoms with Crippen molar-refractivity contribution in [3.63, 3.8) is 0 Å². The van der Waals surface area contributed by atoms with Crippen LogP contribution in [0.3, 0.4) is 0 Å². The molecule has 2 aromatic carbocycles. The van der Waals surface area contributed by atoms with Crippen LogP contribution in [0.15, 0.2) is 59.0 Å². The molecule has 3 aromatic rings. The van der Waals surface area contributed by atoms with Crippen molar-refractivity contribution in [1.29, 1.82) is 0 Å². The Morgan fingerprint density at radius 2 is 1.79 bits per heavy atom. The Labute approximate surface area is 144 Å². The number of rotatable bonds is 6. The molecule has 0 fully saturated rings. The van der Waals surface area contributed by atoms with Gasteiger partial charge in [0.1, 0.15) is 0 Å². The molecule has 0 aliphatic rings. The van der Waals surface area contributed by atoms with Crippen molar-refractivity contribution in [2.45, 2.75) is 19.4 Å². The second kappa shape index (κ2) is 7.75. The molecule has 0 spiro atoms. The van der Waals surface area contributed by atoms with E-state index in [9.17, 15) is 4.79 Å². The van der Waals surface area contributed by atoms with Crippen molar-refractivity contribution in [3.05, 3.63) is 71.1 Å². The van der Waals surface area contributed by atoms with Gasteiger partial charge in [-0.3, -0.25) is 4.79 Å². The highest BCUT2D eigenvalue weighted by Gasteiger charge is 2.10. The van der Waals surface area contributed by atoms with Gasteiger partial charge in [0.2, 0.25) is 17.7 Å². The minimum Gasteiger partial charge on any atom is -0.421 e. The van der Waals surface area contributed by atoms with Crippen LogP contribution in [0.25, 0.3) is 11.5 Å². The second-order valence-corrected chi connectivity index (χ2v) is 5.71.